The van der Waals surface area contributed by atoms with Gasteiger partial charge >= 0.3 is 5.97 Å². The van der Waals surface area contributed by atoms with E-state index in [0.29, 0.717) is 5.69 Å². The normalized spacial score (nSPS) is 10.5. The fourth-order valence-electron chi connectivity index (χ4n) is 2.15. The van der Waals surface area contributed by atoms with Crippen LogP contribution in [0.1, 0.15) is 16.1 Å². The number of esters is 1. The van der Waals surface area contributed by atoms with Crippen molar-refractivity contribution in [2.24, 2.45) is 0 Å². The Morgan fingerprint density at radius 2 is 1.77 bits per heavy atom. The van der Waals surface area contributed by atoms with Gasteiger partial charge in [0.05, 0.1) is 12.8 Å². The molecule has 0 bridgehead atoms. The Labute approximate surface area is 127 Å². The zero-order chi connectivity index (χ0) is 15.5. The van der Waals surface area contributed by atoms with E-state index in [2.05, 4.69) is 15.3 Å². The van der Waals surface area contributed by atoms with Crippen LogP contribution in [0.25, 0.3) is 16.9 Å². The predicted molar refractivity (Wildman–Crippen MR) is 80.7 cm³/mol. The summed E-state index contributed by atoms with van der Waals surface area (Å²) in [7, 11) is 1.32. The summed E-state index contributed by atoms with van der Waals surface area (Å²) in [5.41, 5.74) is 3.51. The average Bonchev–Trinajstić information content (AvgIpc) is 3.00. The number of carbonyl (C=O) groups excluding carboxylic acids is 1. The van der Waals surface area contributed by atoms with Gasteiger partial charge in [-0.15, -0.1) is 5.10 Å². The molecule has 6 heteroatoms. The Morgan fingerprint density at radius 1 is 1.09 bits per heavy atom. The SMILES string of the molecule is COC(=O)c1nnn(-c2ccc(C)cc2)c1-c1ccncc1. The molecule has 3 rings (SSSR count). The Balaban J connectivity index is 2.21. The number of ether oxygens (including phenoxy) is 1. The zero-order valence-electron chi connectivity index (χ0n) is 12.2. The minimum absolute atomic E-state index is 0.175. The number of hydrogen-bond donors (Lipinski definition) is 0. The van der Waals surface area contributed by atoms with Crippen LogP contribution in [0, 0.1) is 6.92 Å². The molecule has 2 heterocycles. The number of aryl methyl sites for hydroxylation is 1. The maximum Gasteiger partial charge on any atom is 0.360 e. The van der Waals surface area contributed by atoms with E-state index in [9.17, 15) is 4.79 Å². The molecule has 0 aliphatic heterocycles. The molecule has 0 unspecified atom stereocenters. The van der Waals surface area contributed by atoms with Crippen LogP contribution in [-0.4, -0.2) is 33.1 Å². The summed E-state index contributed by atoms with van der Waals surface area (Å²) in [5, 5.41) is 8.09. The van der Waals surface area contributed by atoms with E-state index < -0.39 is 5.97 Å². The third-order valence-corrected chi connectivity index (χ3v) is 3.28. The number of pyridine rings is 1. The Hall–Kier alpha value is -3.02. The van der Waals surface area contributed by atoms with E-state index in [-0.39, 0.29) is 5.69 Å². The first-order chi connectivity index (χ1) is 10.7. The van der Waals surface area contributed by atoms with Crippen molar-refractivity contribution < 1.29 is 9.53 Å². The molecule has 0 fully saturated rings. The van der Waals surface area contributed by atoms with Gasteiger partial charge in [-0.05, 0) is 31.2 Å². The van der Waals surface area contributed by atoms with Crippen LogP contribution in [0.15, 0.2) is 48.8 Å². The van der Waals surface area contributed by atoms with Gasteiger partial charge in [0.25, 0.3) is 0 Å². The van der Waals surface area contributed by atoms with E-state index >= 15 is 0 Å². The van der Waals surface area contributed by atoms with Crippen LogP contribution in [0.2, 0.25) is 0 Å². The summed E-state index contributed by atoms with van der Waals surface area (Å²) >= 11 is 0. The lowest BCUT2D eigenvalue weighted by atomic mass is 10.1. The monoisotopic (exact) mass is 294 g/mol. The van der Waals surface area contributed by atoms with Crippen molar-refractivity contribution in [3.8, 4) is 16.9 Å². The van der Waals surface area contributed by atoms with Crippen molar-refractivity contribution in [2.45, 2.75) is 6.92 Å². The Morgan fingerprint density at radius 3 is 2.41 bits per heavy atom. The number of methoxy groups -OCH3 is 1. The number of hydrogen-bond acceptors (Lipinski definition) is 5. The average molecular weight is 294 g/mol. The van der Waals surface area contributed by atoms with Crippen molar-refractivity contribution >= 4 is 5.97 Å². The molecule has 6 nitrogen and oxygen atoms in total. The van der Waals surface area contributed by atoms with Crippen molar-refractivity contribution in [2.75, 3.05) is 7.11 Å². The number of rotatable bonds is 3. The molecule has 0 amide bonds. The first-order valence-corrected chi connectivity index (χ1v) is 6.72. The third kappa shape index (κ3) is 2.46. The minimum atomic E-state index is -0.523. The van der Waals surface area contributed by atoms with Crippen LogP contribution in [-0.2, 0) is 4.74 Å². The molecule has 0 aliphatic rings. The van der Waals surface area contributed by atoms with Crippen molar-refractivity contribution in [3.63, 3.8) is 0 Å². The molecule has 0 aliphatic carbocycles. The van der Waals surface area contributed by atoms with Gasteiger partial charge in [-0.25, -0.2) is 9.48 Å². The van der Waals surface area contributed by atoms with Gasteiger partial charge < -0.3 is 4.74 Å². The van der Waals surface area contributed by atoms with Gasteiger partial charge in [0, 0.05) is 18.0 Å². The predicted octanol–water partition coefficient (Wildman–Crippen LogP) is 2.42. The van der Waals surface area contributed by atoms with Gasteiger partial charge in [0.2, 0.25) is 0 Å². The first-order valence-electron chi connectivity index (χ1n) is 6.72. The molecule has 0 saturated heterocycles. The molecule has 0 radical (unpaired) electrons. The lowest BCUT2D eigenvalue weighted by Crippen LogP contribution is -2.05. The fraction of sp³-hybridized carbons (Fsp3) is 0.125. The Kier molecular flexibility index (Phi) is 3.65. The first kappa shape index (κ1) is 13.9. The van der Waals surface area contributed by atoms with Crippen LogP contribution >= 0.6 is 0 Å². The van der Waals surface area contributed by atoms with E-state index in [1.54, 1.807) is 29.2 Å². The van der Waals surface area contributed by atoms with E-state index in [1.165, 1.54) is 7.11 Å². The molecule has 22 heavy (non-hydrogen) atoms. The molecular weight excluding hydrogens is 280 g/mol. The van der Waals surface area contributed by atoms with Gasteiger partial charge in [0.1, 0.15) is 5.69 Å². The highest BCUT2D eigenvalue weighted by Crippen LogP contribution is 2.25. The second kappa shape index (κ2) is 5.77. The number of benzene rings is 1. The molecular formula is C16H14N4O2. The van der Waals surface area contributed by atoms with Gasteiger partial charge in [-0.2, -0.15) is 0 Å². The highest BCUT2D eigenvalue weighted by Gasteiger charge is 2.22. The summed E-state index contributed by atoms with van der Waals surface area (Å²) in [4.78, 5) is 16.0. The number of aromatic nitrogens is 4. The summed E-state index contributed by atoms with van der Waals surface area (Å²) in [6.07, 6.45) is 3.31. The number of carbonyl (C=O) groups is 1. The van der Waals surface area contributed by atoms with Crippen LogP contribution in [0.3, 0.4) is 0 Å². The minimum Gasteiger partial charge on any atom is -0.464 e. The fourth-order valence-corrected chi connectivity index (χ4v) is 2.15. The smallest absolute Gasteiger partial charge is 0.360 e. The highest BCUT2D eigenvalue weighted by molar-refractivity contribution is 5.94. The molecule has 0 N–H and O–H groups in total. The lowest BCUT2D eigenvalue weighted by molar-refractivity contribution is 0.0595. The molecule has 0 saturated carbocycles. The molecule has 2 aromatic heterocycles. The summed E-state index contributed by atoms with van der Waals surface area (Å²) in [5.74, 6) is -0.523. The highest BCUT2D eigenvalue weighted by atomic mass is 16.5. The second-order valence-corrected chi connectivity index (χ2v) is 4.76. The standard InChI is InChI=1S/C16H14N4O2/c1-11-3-5-13(6-4-11)20-15(12-7-9-17-10-8-12)14(18-19-20)16(21)22-2/h3-10H,1-2H3. The maximum absolute atomic E-state index is 12.0. The number of nitrogens with zero attached hydrogens (tertiary/aromatic N) is 4. The third-order valence-electron chi connectivity index (χ3n) is 3.28. The lowest BCUT2D eigenvalue weighted by Gasteiger charge is -2.08. The van der Waals surface area contributed by atoms with Crippen LogP contribution in [0.5, 0.6) is 0 Å². The summed E-state index contributed by atoms with van der Waals surface area (Å²) < 4.78 is 6.42. The zero-order valence-corrected chi connectivity index (χ0v) is 12.2. The van der Waals surface area contributed by atoms with Crippen LogP contribution < -0.4 is 0 Å². The second-order valence-electron chi connectivity index (χ2n) is 4.76. The largest absolute Gasteiger partial charge is 0.464 e. The van der Waals surface area contributed by atoms with Crippen molar-refractivity contribution in [1.29, 1.82) is 0 Å². The van der Waals surface area contributed by atoms with E-state index in [0.717, 1.165) is 16.8 Å². The maximum atomic E-state index is 12.0. The summed E-state index contributed by atoms with van der Waals surface area (Å²) in [6.45, 7) is 2.01. The molecule has 0 atom stereocenters. The van der Waals surface area contributed by atoms with Crippen molar-refractivity contribution in [3.05, 3.63) is 60.0 Å². The molecule has 1 aromatic carbocycles. The Bertz CT molecular complexity index is 795. The van der Waals surface area contributed by atoms with E-state index in [1.807, 2.05) is 31.2 Å². The quantitative estimate of drug-likeness (QED) is 0.694. The topological polar surface area (TPSA) is 69.9 Å². The van der Waals surface area contributed by atoms with Crippen LogP contribution in [0.4, 0.5) is 0 Å². The van der Waals surface area contributed by atoms with Gasteiger partial charge in [-0.3, -0.25) is 4.98 Å². The van der Waals surface area contributed by atoms with Crippen molar-refractivity contribution in [1.82, 2.24) is 20.0 Å². The van der Waals surface area contributed by atoms with Gasteiger partial charge in [0.15, 0.2) is 5.69 Å². The van der Waals surface area contributed by atoms with E-state index in [4.69, 9.17) is 4.74 Å². The summed E-state index contributed by atoms with van der Waals surface area (Å²) in [6, 6.07) is 11.4. The molecule has 110 valence electrons. The molecule has 0 spiro atoms. The molecule has 3 aromatic rings. The van der Waals surface area contributed by atoms with Gasteiger partial charge in [-0.1, -0.05) is 22.9 Å².